The average Bonchev–Trinajstić information content (AvgIpc) is 3.40. The van der Waals surface area contributed by atoms with Gasteiger partial charge in [0.15, 0.2) is 0 Å². The smallest absolute Gasteiger partial charge is 0.475 e. The van der Waals surface area contributed by atoms with Crippen LogP contribution in [0.25, 0.3) is 11.1 Å². The lowest BCUT2D eigenvalue weighted by Gasteiger charge is -2.16. The number of aliphatic carboxylic acids is 1. The number of rotatable bonds is 4. The third-order valence-electron chi connectivity index (χ3n) is 4.82. The van der Waals surface area contributed by atoms with Crippen molar-refractivity contribution in [2.24, 2.45) is 0 Å². The second-order valence-corrected chi connectivity index (χ2v) is 7.04. The predicted octanol–water partition coefficient (Wildman–Crippen LogP) is 4.16. The van der Waals surface area contributed by atoms with Crippen LogP contribution in [0.2, 0.25) is 0 Å². The van der Waals surface area contributed by atoms with E-state index in [4.69, 9.17) is 9.90 Å². The molecule has 1 saturated heterocycles. The van der Waals surface area contributed by atoms with Gasteiger partial charge in [-0.25, -0.2) is 18.9 Å². The Bertz CT molecular complexity index is 1010. The van der Waals surface area contributed by atoms with Crippen LogP contribution in [0, 0.1) is 5.82 Å². The molecule has 0 aliphatic carbocycles. The van der Waals surface area contributed by atoms with Crippen molar-refractivity contribution in [3.63, 3.8) is 0 Å². The highest BCUT2D eigenvalue weighted by molar-refractivity contribution is 5.73. The van der Waals surface area contributed by atoms with Gasteiger partial charge in [-0.2, -0.15) is 18.3 Å². The van der Waals surface area contributed by atoms with E-state index in [2.05, 4.69) is 27.1 Å². The van der Waals surface area contributed by atoms with Crippen molar-refractivity contribution in [3.8, 4) is 11.1 Å². The first-order valence-electron chi connectivity index (χ1n) is 9.44. The van der Waals surface area contributed by atoms with Gasteiger partial charge in [-0.15, -0.1) is 0 Å². The Kier molecular flexibility index (Phi) is 7.01. The van der Waals surface area contributed by atoms with E-state index in [1.54, 1.807) is 18.7 Å². The van der Waals surface area contributed by atoms with Crippen LogP contribution >= 0.6 is 0 Å². The lowest BCUT2D eigenvalue weighted by Crippen LogP contribution is -2.21. The van der Waals surface area contributed by atoms with Gasteiger partial charge in [0.1, 0.15) is 18.5 Å². The van der Waals surface area contributed by atoms with Gasteiger partial charge in [0.2, 0.25) is 0 Å². The number of benzene rings is 2. The maximum absolute atomic E-state index is 14.0. The zero-order valence-corrected chi connectivity index (χ0v) is 16.3. The van der Waals surface area contributed by atoms with E-state index in [0.29, 0.717) is 11.6 Å². The number of hydrogen-bond acceptors (Lipinski definition) is 4. The number of halogens is 4. The van der Waals surface area contributed by atoms with Gasteiger partial charge in [-0.3, -0.25) is 4.90 Å². The predicted molar refractivity (Wildman–Crippen MR) is 104 cm³/mol. The molecule has 1 atom stereocenters. The molecule has 1 aliphatic heterocycles. The van der Waals surface area contributed by atoms with Gasteiger partial charge in [0.25, 0.3) is 0 Å². The second-order valence-electron chi connectivity index (χ2n) is 7.04. The minimum absolute atomic E-state index is 0.179. The lowest BCUT2D eigenvalue weighted by atomic mass is 10.0. The van der Waals surface area contributed by atoms with Crippen LogP contribution in [-0.4, -0.2) is 50.0 Å². The van der Waals surface area contributed by atoms with E-state index >= 15 is 0 Å². The fraction of sp³-hybridized carbons (Fsp3) is 0.286. The number of nitrogens with zero attached hydrogens (tertiary/aromatic N) is 4. The number of hydrogen-bond donors (Lipinski definition) is 1. The van der Waals surface area contributed by atoms with Crippen molar-refractivity contribution in [2.75, 3.05) is 13.1 Å². The summed E-state index contributed by atoms with van der Waals surface area (Å²) in [5.74, 6) is -2.94. The highest BCUT2D eigenvalue weighted by atomic mass is 19.4. The number of likely N-dealkylation sites (tertiary alicyclic amines) is 1. The number of carboxylic acids is 1. The van der Waals surface area contributed by atoms with E-state index < -0.39 is 12.1 Å². The first kappa shape index (κ1) is 22.4. The largest absolute Gasteiger partial charge is 0.490 e. The van der Waals surface area contributed by atoms with Crippen molar-refractivity contribution < 1.29 is 27.5 Å². The molecule has 0 spiro atoms. The van der Waals surface area contributed by atoms with Crippen LogP contribution in [0.1, 0.15) is 18.0 Å². The highest BCUT2D eigenvalue weighted by Gasteiger charge is 2.38. The standard InChI is InChI=1S/C19H19FN4.C2HF3O2/c20-19-7-2-1-6-18(19)16-5-3-4-15(10-16)11-23-9-8-17(12-23)24-14-21-13-22-24;3-2(4,5)1(6)7/h1-7,10,13-14,17H,8-9,11-12H2;(H,6,7). The molecular weight excluding hydrogens is 416 g/mol. The van der Waals surface area contributed by atoms with Crippen molar-refractivity contribution in [2.45, 2.75) is 25.2 Å². The van der Waals surface area contributed by atoms with E-state index in [-0.39, 0.29) is 5.82 Å². The molecule has 0 saturated carbocycles. The summed E-state index contributed by atoms with van der Waals surface area (Å²) in [6.45, 7) is 2.87. The Hall–Kier alpha value is -3.27. The molecule has 164 valence electrons. The molecule has 10 heteroatoms. The molecule has 2 aromatic carbocycles. The van der Waals surface area contributed by atoms with Gasteiger partial charge < -0.3 is 5.11 Å². The minimum atomic E-state index is -5.08. The Morgan fingerprint density at radius 3 is 2.55 bits per heavy atom. The van der Waals surface area contributed by atoms with E-state index in [0.717, 1.165) is 31.6 Å². The normalized spacial score (nSPS) is 16.6. The second kappa shape index (κ2) is 9.69. The van der Waals surface area contributed by atoms with Crippen LogP contribution in [-0.2, 0) is 11.3 Å². The SMILES string of the molecule is Fc1ccccc1-c1cccc(CN2CCC(n3cncn3)C2)c1.O=C(O)C(F)(F)F. The fourth-order valence-electron chi connectivity index (χ4n) is 3.37. The Morgan fingerprint density at radius 2 is 1.90 bits per heavy atom. The summed E-state index contributed by atoms with van der Waals surface area (Å²) in [4.78, 5) is 15.3. The number of aromatic nitrogens is 3. The third kappa shape index (κ3) is 6.11. The van der Waals surface area contributed by atoms with Crippen molar-refractivity contribution in [1.29, 1.82) is 0 Å². The maximum Gasteiger partial charge on any atom is 0.490 e. The van der Waals surface area contributed by atoms with Crippen LogP contribution in [0.3, 0.4) is 0 Å². The van der Waals surface area contributed by atoms with E-state index in [1.165, 1.54) is 11.6 Å². The number of alkyl halides is 3. The van der Waals surface area contributed by atoms with Crippen LogP contribution < -0.4 is 0 Å². The molecule has 1 unspecified atom stereocenters. The van der Waals surface area contributed by atoms with Crippen LogP contribution in [0.15, 0.2) is 61.2 Å². The average molecular weight is 436 g/mol. The van der Waals surface area contributed by atoms with Gasteiger partial charge in [-0.1, -0.05) is 36.4 Å². The maximum atomic E-state index is 14.0. The zero-order chi connectivity index (χ0) is 22.4. The Labute approximate surface area is 175 Å². The molecule has 2 heterocycles. The quantitative estimate of drug-likeness (QED) is 0.622. The van der Waals surface area contributed by atoms with Gasteiger partial charge in [-0.05, 0) is 29.7 Å². The summed E-state index contributed by atoms with van der Waals surface area (Å²) in [5, 5.41) is 11.4. The molecule has 0 bridgehead atoms. The zero-order valence-electron chi connectivity index (χ0n) is 16.3. The molecule has 6 nitrogen and oxygen atoms in total. The number of carboxylic acid groups (broad SMARTS) is 1. The molecule has 0 radical (unpaired) electrons. The molecule has 1 fully saturated rings. The molecule has 1 N–H and O–H groups in total. The Morgan fingerprint density at radius 1 is 1.16 bits per heavy atom. The molecule has 1 aliphatic rings. The summed E-state index contributed by atoms with van der Waals surface area (Å²) in [6.07, 6.45) is -0.635. The fourth-order valence-corrected chi connectivity index (χ4v) is 3.37. The van der Waals surface area contributed by atoms with Gasteiger partial charge in [0.05, 0.1) is 6.04 Å². The molecule has 1 aromatic heterocycles. The van der Waals surface area contributed by atoms with E-state index in [1.807, 2.05) is 28.9 Å². The molecule has 4 rings (SSSR count). The monoisotopic (exact) mass is 436 g/mol. The summed E-state index contributed by atoms with van der Waals surface area (Å²) in [7, 11) is 0. The van der Waals surface area contributed by atoms with Crippen LogP contribution in [0.5, 0.6) is 0 Å². The van der Waals surface area contributed by atoms with Gasteiger partial charge >= 0.3 is 12.1 Å². The topological polar surface area (TPSA) is 71.2 Å². The van der Waals surface area contributed by atoms with E-state index in [9.17, 15) is 17.6 Å². The highest BCUT2D eigenvalue weighted by Crippen LogP contribution is 2.26. The molecule has 0 amide bonds. The summed E-state index contributed by atoms with van der Waals surface area (Å²) < 4.78 is 47.7. The molecule has 31 heavy (non-hydrogen) atoms. The van der Waals surface area contributed by atoms with Crippen molar-refractivity contribution in [1.82, 2.24) is 19.7 Å². The summed E-state index contributed by atoms with van der Waals surface area (Å²) in [6, 6.07) is 15.5. The molecule has 3 aromatic rings. The summed E-state index contributed by atoms with van der Waals surface area (Å²) in [5.41, 5.74) is 2.79. The summed E-state index contributed by atoms with van der Waals surface area (Å²) >= 11 is 0. The third-order valence-corrected chi connectivity index (χ3v) is 4.82. The minimum Gasteiger partial charge on any atom is -0.475 e. The molecular formula is C21H20F4N4O2. The first-order chi connectivity index (χ1) is 14.7. The lowest BCUT2D eigenvalue weighted by molar-refractivity contribution is -0.192. The number of carbonyl (C=O) groups is 1. The van der Waals surface area contributed by atoms with Gasteiger partial charge in [0, 0.05) is 25.2 Å². The van der Waals surface area contributed by atoms with Crippen molar-refractivity contribution >= 4 is 5.97 Å². The Balaban J connectivity index is 0.000000339. The first-order valence-corrected chi connectivity index (χ1v) is 9.44. The van der Waals surface area contributed by atoms with Crippen molar-refractivity contribution in [3.05, 3.63) is 72.6 Å². The van der Waals surface area contributed by atoms with Crippen LogP contribution in [0.4, 0.5) is 17.6 Å².